The van der Waals surface area contributed by atoms with E-state index in [1.165, 1.54) is 0 Å². The monoisotopic (exact) mass is 181 g/mol. The highest BCUT2D eigenvalue weighted by atomic mass is 15.1. The van der Waals surface area contributed by atoms with Gasteiger partial charge in [0.05, 0.1) is 0 Å². The van der Waals surface area contributed by atoms with Crippen molar-refractivity contribution in [2.45, 2.75) is 52.6 Å². The molecule has 76 valence electrons. The lowest BCUT2D eigenvalue weighted by Crippen LogP contribution is -2.31. The lowest BCUT2D eigenvalue weighted by atomic mass is 10.2. The SMILES string of the molecule is C=CCCC=CN(C(C)C)C(C)C. The van der Waals surface area contributed by atoms with Crippen LogP contribution in [0.5, 0.6) is 0 Å². The van der Waals surface area contributed by atoms with Gasteiger partial charge in [0, 0.05) is 12.1 Å². The molecular formula is C12H23N. The van der Waals surface area contributed by atoms with Crippen molar-refractivity contribution in [1.29, 1.82) is 0 Å². The molecule has 0 radical (unpaired) electrons. The molecule has 0 aromatic heterocycles. The Balaban J connectivity index is 3.94. The Morgan fingerprint density at radius 1 is 1.08 bits per heavy atom. The summed E-state index contributed by atoms with van der Waals surface area (Å²) in [5, 5.41) is 0. The van der Waals surface area contributed by atoms with Crippen LogP contribution in [0.2, 0.25) is 0 Å². The second-order valence-electron chi connectivity index (χ2n) is 3.89. The summed E-state index contributed by atoms with van der Waals surface area (Å²) < 4.78 is 0. The second kappa shape index (κ2) is 6.76. The standard InChI is InChI=1S/C12H23N/c1-6-7-8-9-10-13(11(2)3)12(4)5/h6,9-12H,1,7-8H2,2-5H3. The van der Waals surface area contributed by atoms with E-state index >= 15 is 0 Å². The van der Waals surface area contributed by atoms with Crippen molar-refractivity contribution in [3.8, 4) is 0 Å². The zero-order chi connectivity index (χ0) is 10.3. The lowest BCUT2D eigenvalue weighted by molar-refractivity contribution is 0.255. The number of nitrogens with zero attached hydrogens (tertiary/aromatic N) is 1. The molecule has 0 amide bonds. The molecule has 0 aliphatic heterocycles. The Kier molecular flexibility index (Phi) is 6.38. The van der Waals surface area contributed by atoms with E-state index in [-0.39, 0.29) is 0 Å². The van der Waals surface area contributed by atoms with E-state index in [1.54, 1.807) is 0 Å². The van der Waals surface area contributed by atoms with Gasteiger partial charge < -0.3 is 4.90 Å². The molecule has 0 atom stereocenters. The molecule has 0 saturated heterocycles. The van der Waals surface area contributed by atoms with Gasteiger partial charge in [0.2, 0.25) is 0 Å². The zero-order valence-electron chi connectivity index (χ0n) is 9.46. The molecule has 1 heteroatoms. The van der Waals surface area contributed by atoms with Crippen LogP contribution in [0.3, 0.4) is 0 Å². The van der Waals surface area contributed by atoms with Gasteiger partial charge in [-0.15, -0.1) is 6.58 Å². The number of hydrogen-bond acceptors (Lipinski definition) is 1. The molecule has 0 aliphatic carbocycles. The van der Waals surface area contributed by atoms with Crippen molar-refractivity contribution in [3.63, 3.8) is 0 Å². The van der Waals surface area contributed by atoms with Crippen LogP contribution in [0, 0.1) is 0 Å². The minimum Gasteiger partial charge on any atom is -0.373 e. The Bertz CT molecular complexity index is 149. The Labute approximate surface area is 83.1 Å². The summed E-state index contributed by atoms with van der Waals surface area (Å²) in [4.78, 5) is 2.36. The van der Waals surface area contributed by atoms with Gasteiger partial charge in [-0.05, 0) is 46.7 Å². The van der Waals surface area contributed by atoms with Crippen molar-refractivity contribution >= 4 is 0 Å². The third-order valence-corrected chi connectivity index (χ3v) is 2.01. The van der Waals surface area contributed by atoms with E-state index in [0.717, 1.165) is 12.8 Å². The second-order valence-corrected chi connectivity index (χ2v) is 3.89. The smallest absolute Gasteiger partial charge is 0.0230 e. The molecule has 0 unspecified atom stereocenters. The predicted octanol–water partition coefficient (Wildman–Crippen LogP) is 3.59. The quantitative estimate of drug-likeness (QED) is 0.447. The Hall–Kier alpha value is -0.720. The zero-order valence-corrected chi connectivity index (χ0v) is 9.46. The van der Waals surface area contributed by atoms with Gasteiger partial charge in [-0.25, -0.2) is 0 Å². The third kappa shape index (κ3) is 5.51. The van der Waals surface area contributed by atoms with Crippen LogP contribution >= 0.6 is 0 Å². The molecule has 0 N–H and O–H groups in total. The molecule has 0 saturated carbocycles. The van der Waals surface area contributed by atoms with Gasteiger partial charge in [0.25, 0.3) is 0 Å². The van der Waals surface area contributed by atoms with Gasteiger partial charge in [0.1, 0.15) is 0 Å². The first-order chi connectivity index (χ1) is 6.09. The first-order valence-corrected chi connectivity index (χ1v) is 5.14. The fourth-order valence-electron chi connectivity index (χ4n) is 1.35. The maximum atomic E-state index is 3.70. The van der Waals surface area contributed by atoms with E-state index < -0.39 is 0 Å². The van der Waals surface area contributed by atoms with Crippen molar-refractivity contribution in [3.05, 3.63) is 24.9 Å². The maximum Gasteiger partial charge on any atom is 0.0230 e. The van der Waals surface area contributed by atoms with E-state index in [2.05, 4.69) is 51.4 Å². The number of allylic oxidation sites excluding steroid dienone is 2. The largest absolute Gasteiger partial charge is 0.373 e. The Morgan fingerprint density at radius 2 is 1.62 bits per heavy atom. The molecule has 0 bridgehead atoms. The summed E-state index contributed by atoms with van der Waals surface area (Å²) in [6, 6.07) is 1.17. The van der Waals surface area contributed by atoms with Gasteiger partial charge in [-0.2, -0.15) is 0 Å². The number of hydrogen-bond donors (Lipinski definition) is 0. The van der Waals surface area contributed by atoms with Crippen molar-refractivity contribution in [1.82, 2.24) is 4.90 Å². The molecule has 1 nitrogen and oxygen atoms in total. The molecule has 0 aliphatic rings. The molecular weight excluding hydrogens is 158 g/mol. The summed E-state index contributed by atoms with van der Waals surface area (Å²) in [5.74, 6) is 0. The van der Waals surface area contributed by atoms with Gasteiger partial charge >= 0.3 is 0 Å². The van der Waals surface area contributed by atoms with E-state index in [9.17, 15) is 0 Å². The number of unbranched alkanes of at least 4 members (excludes halogenated alkanes) is 1. The van der Waals surface area contributed by atoms with Gasteiger partial charge in [-0.3, -0.25) is 0 Å². The van der Waals surface area contributed by atoms with Crippen LogP contribution in [0.15, 0.2) is 24.9 Å². The average molecular weight is 181 g/mol. The minimum atomic E-state index is 0.583. The highest BCUT2D eigenvalue weighted by Gasteiger charge is 2.06. The van der Waals surface area contributed by atoms with E-state index in [1.807, 2.05) is 6.08 Å². The molecule has 0 aromatic carbocycles. The molecule has 13 heavy (non-hydrogen) atoms. The topological polar surface area (TPSA) is 3.24 Å². The van der Waals surface area contributed by atoms with Crippen LogP contribution in [0.1, 0.15) is 40.5 Å². The van der Waals surface area contributed by atoms with Crippen LogP contribution in [-0.4, -0.2) is 17.0 Å². The summed E-state index contributed by atoms with van der Waals surface area (Å²) >= 11 is 0. The van der Waals surface area contributed by atoms with Crippen LogP contribution in [0.25, 0.3) is 0 Å². The highest BCUT2D eigenvalue weighted by Crippen LogP contribution is 2.06. The van der Waals surface area contributed by atoms with E-state index in [4.69, 9.17) is 0 Å². The molecule has 0 spiro atoms. The number of rotatable bonds is 6. The van der Waals surface area contributed by atoms with Crippen molar-refractivity contribution in [2.75, 3.05) is 0 Å². The molecule has 0 fully saturated rings. The first kappa shape index (κ1) is 12.3. The van der Waals surface area contributed by atoms with Gasteiger partial charge in [0.15, 0.2) is 0 Å². The Morgan fingerprint density at radius 3 is 2.00 bits per heavy atom. The summed E-state index contributed by atoms with van der Waals surface area (Å²) in [5.41, 5.74) is 0. The minimum absolute atomic E-state index is 0.583. The normalized spacial score (nSPS) is 11.5. The van der Waals surface area contributed by atoms with Gasteiger partial charge in [-0.1, -0.05) is 12.2 Å². The van der Waals surface area contributed by atoms with Crippen molar-refractivity contribution < 1.29 is 0 Å². The van der Waals surface area contributed by atoms with E-state index in [0.29, 0.717) is 12.1 Å². The average Bonchev–Trinajstić information content (AvgIpc) is 2.02. The molecule has 0 rings (SSSR count). The maximum absolute atomic E-state index is 3.70. The summed E-state index contributed by atoms with van der Waals surface area (Å²) in [6.07, 6.45) is 8.56. The highest BCUT2D eigenvalue weighted by molar-refractivity contribution is 4.87. The van der Waals surface area contributed by atoms with Crippen LogP contribution in [0.4, 0.5) is 0 Å². The third-order valence-electron chi connectivity index (χ3n) is 2.01. The van der Waals surface area contributed by atoms with Crippen molar-refractivity contribution in [2.24, 2.45) is 0 Å². The lowest BCUT2D eigenvalue weighted by Gasteiger charge is -2.29. The first-order valence-electron chi connectivity index (χ1n) is 5.14. The molecule has 0 heterocycles. The van der Waals surface area contributed by atoms with Crippen LogP contribution in [-0.2, 0) is 0 Å². The molecule has 0 aromatic rings. The fourth-order valence-corrected chi connectivity index (χ4v) is 1.35. The van der Waals surface area contributed by atoms with Crippen LogP contribution < -0.4 is 0 Å². The fraction of sp³-hybridized carbons (Fsp3) is 0.667. The summed E-state index contributed by atoms with van der Waals surface area (Å²) in [7, 11) is 0. The predicted molar refractivity (Wildman–Crippen MR) is 60.7 cm³/mol. The summed E-state index contributed by atoms with van der Waals surface area (Å²) in [6.45, 7) is 12.6.